The summed E-state index contributed by atoms with van der Waals surface area (Å²) in [5.41, 5.74) is 1.40. The predicted molar refractivity (Wildman–Crippen MR) is 68.0 cm³/mol. The second-order valence-electron chi connectivity index (χ2n) is 4.48. The van der Waals surface area contributed by atoms with E-state index in [0.29, 0.717) is 11.5 Å². The lowest BCUT2D eigenvalue weighted by Gasteiger charge is -2.14. The predicted octanol–water partition coefficient (Wildman–Crippen LogP) is 3.80. The lowest BCUT2D eigenvalue weighted by molar-refractivity contribution is 0.0532. The lowest BCUT2D eigenvalue weighted by Crippen LogP contribution is -2.12. The maximum absolute atomic E-state index is 6.12. The van der Waals surface area contributed by atoms with Crippen LogP contribution >= 0.6 is 11.6 Å². The lowest BCUT2D eigenvalue weighted by atomic mass is 10.0. The molecular formula is C14H19ClO. The Labute approximate surface area is 103 Å². The summed E-state index contributed by atoms with van der Waals surface area (Å²) < 4.78 is 5.81. The summed E-state index contributed by atoms with van der Waals surface area (Å²) in [5, 5.41) is 0.321. The van der Waals surface area contributed by atoms with Crippen LogP contribution in [-0.2, 0) is 11.2 Å². The molecule has 0 radical (unpaired) electrons. The van der Waals surface area contributed by atoms with Gasteiger partial charge in [0.15, 0.2) is 0 Å². The first-order valence-electron chi connectivity index (χ1n) is 6.14. The van der Waals surface area contributed by atoms with Gasteiger partial charge < -0.3 is 4.74 Å². The minimum absolute atomic E-state index is 0.321. The summed E-state index contributed by atoms with van der Waals surface area (Å²) >= 11 is 6.12. The van der Waals surface area contributed by atoms with E-state index < -0.39 is 0 Å². The maximum Gasteiger partial charge on any atom is 0.0578 e. The Hall–Kier alpha value is -0.530. The molecule has 0 bridgehead atoms. The third kappa shape index (κ3) is 3.80. The van der Waals surface area contributed by atoms with E-state index in [0.717, 1.165) is 38.7 Å². The third-order valence-electron chi connectivity index (χ3n) is 3.18. The number of aryl methyl sites for hydroxylation is 1. The molecule has 1 aliphatic rings. The number of benzene rings is 1. The molecule has 0 spiro atoms. The van der Waals surface area contributed by atoms with E-state index in [2.05, 4.69) is 30.3 Å². The number of rotatable bonds is 3. The Morgan fingerprint density at radius 2 is 1.94 bits per heavy atom. The summed E-state index contributed by atoms with van der Waals surface area (Å²) in [4.78, 5) is 0. The van der Waals surface area contributed by atoms with E-state index in [1.165, 1.54) is 5.56 Å². The van der Waals surface area contributed by atoms with Crippen LogP contribution in [0.15, 0.2) is 30.3 Å². The Balaban J connectivity index is 1.77. The third-order valence-corrected chi connectivity index (χ3v) is 3.62. The molecular weight excluding hydrogens is 220 g/mol. The number of hydrogen-bond donors (Lipinski definition) is 0. The molecule has 1 aliphatic heterocycles. The molecule has 0 amide bonds. The highest BCUT2D eigenvalue weighted by atomic mass is 35.5. The van der Waals surface area contributed by atoms with Crippen LogP contribution in [-0.4, -0.2) is 18.1 Å². The molecule has 1 aromatic carbocycles. The van der Waals surface area contributed by atoms with Gasteiger partial charge in [-0.15, -0.1) is 11.6 Å². The molecule has 0 saturated carbocycles. The monoisotopic (exact) mass is 238 g/mol. The van der Waals surface area contributed by atoms with Crippen molar-refractivity contribution in [1.82, 2.24) is 0 Å². The highest BCUT2D eigenvalue weighted by Crippen LogP contribution is 2.21. The Bertz CT molecular complexity index is 299. The first-order chi connectivity index (χ1) is 7.84. The van der Waals surface area contributed by atoms with E-state index in [4.69, 9.17) is 16.3 Å². The van der Waals surface area contributed by atoms with Gasteiger partial charge >= 0.3 is 0 Å². The summed E-state index contributed by atoms with van der Waals surface area (Å²) in [6.45, 7) is 0.827. The summed E-state index contributed by atoms with van der Waals surface area (Å²) in [6, 6.07) is 10.6. The van der Waals surface area contributed by atoms with Gasteiger partial charge in [0.05, 0.1) is 6.10 Å². The molecule has 2 atom stereocenters. The summed E-state index contributed by atoms with van der Waals surface area (Å²) in [7, 11) is 0. The largest absolute Gasteiger partial charge is 0.378 e. The first-order valence-corrected chi connectivity index (χ1v) is 6.58. The van der Waals surface area contributed by atoms with Crippen LogP contribution in [0, 0.1) is 0 Å². The fraction of sp³-hybridized carbons (Fsp3) is 0.571. The molecule has 0 N–H and O–H groups in total. The molecule has 1 aromatic rings. The van der Waals surface area contributed by atoms with Crippen LogP contribution < -0.4 is 0 Å². The number of ether oxygens (including phenoxy) is 1. The Morgan fingerprint density at radius 1 is 1.12 bits per heavy atom. The maximum atomic E-state index is 6.12. The average Bonchev–Trinajstić information content (AvgIpc) is 2.53. The van der Waals surface area contributed by atoms with Crippen LogP contribution in [0.25, 0.3) is 0 Å². The molecule has 16 heavy (non-hydrogen) atoms. The zero-order chi connectivity index (χ0) is 11.2. The van der Waals surface area contributed by atoms with Gasteiger partial charge in [0.25, 0.3) is 0 Å². The van der Waals surface area contributed by atoms with Gasteiger partial charge in [-0.25, -0.2) is 0 Å². The van der Waals surface area contributed by atoms with Crippen LogP contribution in [0.2, 0.25) is 0 Å². The summed E-state index contributed by atoms with van der Waals surface area (Å²) in [5.74, 6) is 0. The Kier molecular flexibility index (Phi) is 4.68. The average molecular weight is 239 g/mol. The van der Waals surface area contributed by atoms with Crippen LogP contribution in [0.4, 0.5) is 0 Å². The Morgan fingerprint density at radius 3 is 2.75 bits per heavy atom. The number of hydrogen-bond acceptors (Lipinski definition) is 1. The van der Waals surface area contributed by atoms with Crippen molar-refractivity contribution >= 4 is 11.6 Å². The molecule has 0 aliphatic carbocycles. The molecule has 2 heteroatoms. The van der Waals surface area contributed by atoms with E-state index in [1.54, 1.807) is 0 Å². The van der Waals surface area contributed by atoms with Crippen LogP contribution in [0.5, 0.6) is 0 Å². The van der Waals surface area contributed by atoms with Crippen molar-refractivity contribution in [2.45, 2.75) is 43.6 Å². The zero-order valence-corrected chi connectivity index (χ0v) is 10.3. The van der Waals surface area contributed by atoms with E-state index in [-0.39, 0.29) is 0 Å². The van der Waals surface area contributed by atoms with Gasteiger partial charge in [0.2, 0.25) is 0 Å². The standard InChI is InChI=1S/C14H19ClO/c15-13-7-9-14(16-11-10-13)8-6-12-4-2-1-3-5-12/h1-5,13-14H,6-11H2. The molecule has 2 rings (SSSR count). The second kappa shape index (κ2) is 6.27. The van der Waals surface area contributed by atoms with Gasteiger partial charge in [-0.1, -0.05) is 30.3 Å². The van der Waals surface area contributed by atoms with E-state index in [1.807, 2.05) is 0 Å². The minimum Gasteiger partial charge on any atom is -0.378 e. The van der Waals surface area contributed by atoms with Crippen LogP contribution in [0.3, 0.4) is 0 Å². The quantitative estimate of drug-likeness (QED) is 0.728. The van der Waals surface area contributed by atoms with Crippen molar-refractivity contribution in [3.63, 3.8) is 0 Å². The topological polar surface area (TPSA) is 9.23 Å². The second-order valence-corrected chi connectivity index (χ2v) is 5.10. The van der Waals surface area contributed by atoms with Crippen molar-refractivity contribution in [3.05, 3.63) is 35.9 Å². The van der Waals surface area contributed by atoms with E-state index in [9.17, 15) is 0 Å². The van der Waals surface area contributed by atoms with Gasteiger partial charge in [0, 0.05) is 12.0 Å². The van der Waals surface area contributed by atoms with Gasteiger partial charge in [0.1, 0.15) is 0 Å². The number of alkyl halides is 1. The van der Waals surface area contributed by atoms with Crippen molar-refractivity contribution in [3.8, 4) is 0 Å². The van der Waals surface area contributed by atoms with Gasteiger partial charge in [-0.05, 0) is 37.7 Å². The van der Waals surface area contributed by atoms with Crippen LogP contribution in [0.1, 0.15) is 31.2 Å². The SMILES string of the molecule is ClC1CCOC(CCc2ccccc2)CC1. The summed E-state index contributed by atoms with van der Waals surface area (Å²) in [6.07, 6.45) is 5.85. The van der Waals surface area contributed by atoms with Crippen molar-refractivity contribution in [2.75, 3.05) is 6.61 Å². The zero-order valence-electron chi connectivity index (χ0n) is 9.57. The number of halogens is 1. The fourth-order valence-corrected chi connectivity index (χ4v) is 2.37. The molecule has 2 unspecified atom stereocenters. The molecule has 1 nitrogen and oxygen atoms in total. The minimum atomic E-state index is 0.321. The molecule has 1 saturated heterocycles. The van der Waals surface area contributed by atoms with Crippen molar-refractivity contribution in [1.29, 1.82) is 0 Å². The van der Waals surface area contributed by atoms with Gasteiger partial charge in [-0.2, -0.15) is 0 Å². The van der Waals surface area contributed by atoms with Gasteiger partial charge in [-0.3, -0.25) is 0 Å². The highest BCUT2D eigenvalue weighted by molar-refractivity contribution is 6.20. The fourth-order valence-electron chi connectivity index (χ4n) is 2.16. The molecule has 0 aromatic heterocycles. The highest BCUT2D eigenvalue weighted by Gasteiger charge is 2.17. The first kappa shape index (κ1) is 11.9. The smallest absolute Gasteiger partial charge is 0.0578 e. The molecule has 1 heterocycles. The van der Waals surface area contributed by atoms with Crippen molar-refractivity contribution < 1.29 is 4.74 Å². The van der Waals surface area contributed by atoms with E-state index >= 15 is 0 Å². The molecule has 1 fully saturated rings. The van der Waals surface area contributed by atoms with Crippen molar-refractivity contribution in [2.24, 2.45) is 0 Å². The normalized spacial score (nSPS) is 26.3. The molecule has 88 valence electrons.